The van der Waals surface area contributed by atoms with E-state index in [-0.39, 0.29) is 6.17 Å². The van der Waals surface area contributed by atoms with Crippen LogP contribution in [0.1, 0.15) is 67.1 Å². The molecule has 1 unspecified atom stereocenters. The quantitative estimate of drug-likeness (QED) is 0.246. The van der Waals surface area contributed by atoms with E-state index >= 15 is 0 Å². The van der Waals surface area contributed by atoms with Gasteiger partial charge in [-0.3, -0.25) is 0 Å². The lowest BCUT2D eigenvalue weighted by molar-refractivity contribution is 0.669. The number of rotatable bonds is 6. The number of unbranched alkanes of at least 4 members (excludes halogenated alkanes) is 2. The molecule has 3 aromatic carbocycles. The molecule has 1 aliphatic rings. The Kier molecular flexibility index (Phi) is 9.86. The molecule has 3 aromatic rings. The third-order valence-corrected chi connectivity index (χ3v) is 5.21. The molecule has 3 heteroatoms. The standard InChI is InChI=1S/C16H19N3.C7H6.C5H12/c1-11-7-3-4-8-13(11)12(2)19-16(18)14-9-5-6-10-15(14)17;1-2-4-7-5-6(7)3-1;1-3-5-4-2/h3-10,16,19H,2,17-18H2,1H3;1-4H,5H2;3-5H2,1-2H3. The first kappa shape index (κ1) is 24.2. The van der Waals surface area contributed by atoms with E-state index in [2.05, 4.69) is 50.0 Å². The molecular formula is C28H37N3. The van der Waals surface area contributed by atoms with Gasteiger partial charge in [-0.15, -0.1) is 0 Å². The summed E-state index contributed by atoms with van der Waals surface area (Å²) >= 11 is 0. The van der Waals surface area contributed by atoms with Crippen LogP contribution in [0, 0.1) is 6.92 Å². The van der Waals surface area contributed by atoms with Crippen LogP contribution in [0.15, 0.2) is 79.4 Å². The maximum atomic E-state index is 6.13. The van der Waals surface area contributed by atoms with Crippen molar-refractivity contribution in [1.29, 1.82) is 0 Å². The molecule has 5 N–H and O–H groups in total. The number of anilines is 1. The van der Waals surface area contributed by atoms with E-state index in [9.17, 15) is 0 Å². The largest absolute Gasteiger partial charge is 0.398 e. The molecule has 0 bridgehead atoms. The normalized spacial score (nSPS) is 11.6. The average Bonchev–Trinajstić information content (AvgIpc) is 3.55. The molecule has 164 valence electrons. The molecule has 1 aliphatic carbocycles. The summed E-state index contributed by atoms with van der Waals surface area (Å²) in [6.07, 6.45) is 4.95. The Morgan fingerprint density at radius 2 is 1.45 bits per heavy atom. The molecule has 1 atom stereocenters. The highest BCUT2D eigenvalue weighted by Crippen LogP contribution is 2.25. The van der Waals surface area contributed by atoms with Gasteiger partial charge < -0.3 is 16.8 Å². The fourth-order valence-electron chi connectivity index (χ4n) is 3.24. The molecule has 0 saturated carbocycles. The molecule has 0 spiro atoms. The average molecular weight is 416 g/mol. The summed E-state index contributed by atoms with van der Waals surface area (Å²) in [5, 5.41) is 3.20. The number of hydrogen-bond donors (Lipinski definition) is 3. The molecule has 4 rings (SSSR count). The highest BCUT2D eigenvalue weighted by molar-refractivity contribution is 5.65. The van der Waals surface area contributed by atoms with E-state index in [1.807, 2.05) is 55.5 Å². The second-order valence-corrected chi connectivity index (χ2v) is 7.84. The third kappa shape index (κ3) is 7.95. The topological polar surface area (TPSA) is 64.1 Å². The summed E-state index contributed by atoms with van der Waals surface area (Å²) in [5.74, 6) is 0. The number of aryl methyl sites for hydroxylation is 1. The molecule has 0 fully saturated rings. The smallest absolute Gasteiger partial charge is 0.103 e. The van der Waals surface area contributed by atoms with Gasteiger partial charge in [0.2, 0.25) is 0 Å². The summed E-state index contributed by atoms with van der Waals surface area (Å²) < 4.78 is 0. The van der Waals surface area contributed by atoms with Crippen LogP contribution in [0.25, 0.3) is 5.70 Å². The molecule has 0 amide bonds. The summed E-state index contributed by atoms with van der Waals surface area (Å²) in [6.45, 7) is 10.5. The fraction of sp³-hybridized carbons (Fsp3) is 0.286. The van der Waals surface area contributed by atoms with Crippen molar-refractivity contribution >= 4 is 11.4 Å². The van der Waals surface area contributed by atoms with Crippen LogP contribution in [0.4, 0.5) is 5.69 Å². The lowest BCUT2D eigenvalue weighted by atomic mass is 10.1. The number of nitrogens with two attached hydrogens (primary N) is 2. The third-order valence-electron chi connectivity index (χ3n) is 5.21. The zero-order chi connectivity index (χ0) is 22.6. The van der Waals surface area contributed by atoms with Gasteiger partial charge in [0.15, 0.2) is 0 Å². The molecule has 3 nitrogen and oxygen atoms in total. The van der Waals surface area contributed by atoms with Crippen molar-refractivity contribution in [2.45, 2.75) is 52.6 Å². The monoisotopic (exact) mass is 415 g/mol. The van der Waals surface area contributed by atoms with Gasteiger partial charge in [-0.05, 0) is 41.7 Å². The Morgan fingerprint density at radius 3 is 1.97 bits per heavy atom. The van der Waals surface area contributed by atoms with Gasteiger partial charge in [-0.2, -0.15) is 0 Å². The maximum absolute atomic E-state index is 6.13. The highest BCUT2D eigenvalue weighted by Gasteiger charge is 2.12. The van der Waals surface area contributed by atoms with Crippen molar-refractivity contribution in [3.05, 3.63) is 107 Å². The molecule has 0 aliphatic heterocycles. The van der Waals surface area contributed by atoms with Gasteiger partial charge in [0, 0.05) is 16.9 Å². The summed E-state index contributed by atoms with van der Waals surface area (Å²) in [7, 11) is 0. The first-order valence-corrected chi connectivity index (χ1v) is 11.2. The van der Waals surface area contributed by atoms with Crippen LogP contribution in [0.5, 0.6) is 0 Å². The van der Waals surface area contributed by atoms with E-state index in [4.69, 9.17) is 11.5 Å². The number of nitrogen functional groups attached to an aromatic ring is 1. The minimum Gasteiger partial charge on any atom is -0.398 e. The molecule has 31 heavy (non-hydrogen) atoms. The Hall–Kier alpha value is -3.04. The van der Waals surface area contributed by atoms with Crippen LogP contribution in [0.2, 0.25) is 0 Å². The van der Waals surface area contributed by atoms with Gasteiger partial charge in [-0.25, -0.2) is 0 Å². The Morgan fingerprint density at radius 1 is 0.903 bits per heavy atom. The van der Waals surface area contributed by atoms with E-state index in [1.54, 1.807) is 0 Å². The number of nitrogens with one attached hydrogen (secondary N) is 1. The second-order valence-electron chi connectivity index (χ2n) is 7.84. The van der Waals surface area contributed by atoms with Crippen molar-refractivity contribution < 1.29 is 0 Å². The SMILES string of the molecule is C=C(NC(N)c1ccccc1N)c1ccccc1C.CCCCC.c1ccc2c(c1)C2. The van der Waals surface area contributed by atoms with Crippen LogP contribution in [0.3, 0.4) is 0 Å². The van der Waals surface area contributed by atoms with Crippen molar-refractivity contribution in [2.24, 2.45) is 5.73 Å². The van der Waals surface area contributed by atoms with Gasteiger partial charge in [-0.1, -0.05) is 106 Å². The van der Waals surface area contributed by atoms with E-state index in [1.165, 1.54) is 36.8 Å². The van der Waals surface area contributed by atoms with Crippen LogP contribution in [-0.2, 0) is 6.42 Å². The summed E-state index contributed by atoms with van der Waals surface area (Å²) in [5.41, 5.74) is 19.7. The predicted molar refractivity (Wildman–Crippen MR) is 136 cm³/mol. The van der Waals surface area contributed by atoms with Crippen molar-refractivity contribution in [2.75, 3.05) is 5.73 Å². The zero-order valence-corrected chi connectivity index (χ0v) is 19.2. The van der Waals surface area contributed by atoms with E-state index in [0.717, 1.165) is 22.4 Å². The first-order chi connectivity index (χ1) is 15.0. The van der Waals surface area contributed by atoms with Crippen molar-refractivity contribution in [1.82, 2.24) is 5.32 Å². The van der Waals surface area contributed by atoms with Crippen LogP contribution >= 0.6 is 0 Å². The molecule has 0 aromatic heterocycles. The number of para-hydroxylation sites is 1. The van der Waals surface area contributed by atoms with Gasteiger partial charge in [0.05, 0.1) is 0 Å². The van der Waals surface area contributed by atoms with E-state index in [0.29, 0.717) is 5.69 Å². The highest BCUT2D eigenvalue weighted by atomic mass is 15.0. The summed E-state index contributed by atoms with van der Waals surface area (Å²) in [4.78, 5) is 0. The minimum absolute atomic E-state index is 0.367. The van der Waals surface area contributed by atoms with Gasteiger partial charge in [0.1, 0.15) is 6.17 Å². The molecular weight excluding hydrogens is 378 g/mol. The zero-order valence-electron chi connectivity index (χ0n) is 19.2. The first-order valence-electron chi connectivity index (χ1n) is 11.2. The van der Waals surface area contributed by atoms with Crippen molar-refractivity contribution in [3.8, 4) is 0 Å². The van der Waals surface area contributed by atoms with E-state index < -0.39 is 0 Å². The van der Waals surface area contributed by atoms with Crippen LogP contribution < -0.4 is 16.8 Å². The Bertz CT molecular complexity index is 939. The second kappa shape index (κ2) is 12.6. The summed E-state index contributed by atoms with van der Waals surface area (Å²) in [6, 6.07) is 24.1. The predicted octanol–water partition coefficient (Wildman–Crippen LogP) is 6.58. The molecule has 0 saturated heterocycles. The molecule has 0 radical (unpaired) electrons. The van der Waals surface area contributed by atoms with Gasteiger partial charge >= 0.3 is 0 Å². The number of benzene rings is 3. The maximum Gasteiger partial charge on any atom is 0.103 e. The Balaban J connectivity index is 0.000000230. The number of hydrogen-bond acceptors (Lipinski definition) is 3. The fourth-order valence-corrected chi connectivity index (χ4v) is 3.24. The lowest BCUT2D eigenvalue weighted by Gasteiger charge is -2.20. The minimum atomic E-state index is -0.367. The van der Waals surface area contributed by atoms with Gasteiger partial charge in [0.25, 0.3) is 0 Å². The lowest BCUT2D eigenvalue weighted by Crippen LogP contribution is -2.28. The van der Waals surface area contributed by atoms with Crippen LogP contribution in [-0.4, -0.2) is 0 Å². The Labute approximate surface area is 188 Å². The van der Waals surface area contributed by atoms with Crippen molar-refractivity contribution in [3.63, 3.8) is 0 Å². The molecule has 0 heterocycles. The number of fused-ring (bicyclic) bond motifs is 1.